The lowest BCUT2D eigenvalue weighted by atomic mass is 10.1. The first-order valence-electron chi connectivity index (χ1n) is 8.65. The van der Waals surface area contributed by atoms with Crippen molar-refractivity contribution in [2.75, 3.05) is 17.6 Å². The van der Waals surface area contributed by atoms with E-state index in [2.05, 4.69) is 22.2 Å². The van der Waals surface area contributed by atoms with Gasteiger partial charge < -0.3 is 11.1 Å². The Balaban J connectivity index is 1.82. The van der Waals surface area contributed by atoms with Crippen LogP contribution >= 0.6 is 0 Å². The van der Waals surface area contributed by atoms with E-state index in [4.69, 9.17) is 5.73 Å². The minimum Gasteiger partial charge on any atom is -0.370 e. The first-order valence-corrected chi connectivity index (χ1v) is 8.65. The summed E-state index contributed by atoms with van der Waals surface area (Å²) in [5.41, 5.74) is 5.53. The largest absolute Gasteiger partial charge is 0.370 e. The zero-order chi connectivity index (χ0) is 15.2. The molecular weight excluding hydrogens is 260 g/mol. The fourth-order valence-electron chi connectivity index (χ4n) is 2.48. The van der Waals surface area contributed by atoms with E-state index in [1.807, 2.05) is 6.07 Å². The second-order valence-corrected chi connectivity index (χ2v) is 5.76. The molecule has 0 radical (unpaired) electrons. The molecule has 3 N–H and O–H groups in total. The number of nitrogens with two attached hydrogens (primary N) is 1. The maximum Gasteiger partial charge on any atom is 0.221 e. The van der Waals surface area contributed by atoms with Crippen LogP contribution in [0.25, 0.3) is 0 Å². The summed E-state index contributed by atoms with van der Waals surface area (Å²) in [4.78, 5) is 7.99. The molecule has 1 aromatic heterocycles. The van der Waals surface area contributed by atoms with Gasteiger partial charge in [0.25, 0.3) is 0 Å². The number of hydrogen-bond acceptors (Lipinski definition) is 4. The molecular formula is C17H32N4. The van der Waals surface area contributed by atoms with E-state index in [1.165, 1.54) is 70.6 Å². The normalized spacial score (nSPS) is 10.7. The summed E-state index contributed by atoms with van der Waals surface area (Å²) < 4.78 is 0. The summed E-state index contributed by atoms with van der Waals surface area (Å²) in [5.74, 6) is 1.16. The molecule has 4 nitrogen and oxygen atoms in total. The lowest BCUT2D eigenvalue weighted by molar-refractivity contribution is 0.552. The van der Waals surface area contributed by atoms with Crippen molar-refractivity contribution in [3.8, 4) is 0 Å². The second kappa shape index (κ2) is 12.4. The highest BCUT2D eigenvalue weighted by Crippen LogP contribution is 2.11. The van der Waals surface area contributed by atoms with Crippen molar-refractivity contribution in [3.63, 3.8) is 0 Å². The van der Waals surface area contributed by atoms with E-state index >= 15 is 0 Å². The molecule has 1 aromatic rings. The van der Waals surface area contributed by atoms with Crippen molar-refractivity contribution >= 4 is 11.8 Å². The van der Waals surface area contributed by atoms with Crippen LogP contribution in [0.3, 0.4) is 0 Å². The number of anilines is 2. The summed E-state index contributed by atoms with van der Waals surface area (Å²) >= 11 is 0. The smallest absolute Gasteiger partial charge is 0.221 e. The predicted molar refractivity (Wildman–Crippen MR) is 91.4 cm³/mol. The summed E-state index contributed by atoms with van der Waals surface area (Å²) in [6.07, 6.45) is 16.8. The number of nitrogens with one attached hydrogen (secondary N) is 1. The molecule has 0 spiro atoms. The molecule has 0 unspecified atom stereocenters. The Morgan fingerprint density at radius 1 is 0.905 bits per heavy atom. The van der Waals surface area contributed by atoms with E-state index < -0.39 is 0 Å². The third-order valence-corrected chi connectivity index (χ3v) is 3.76. The summed E-state index contributed by atoms with van der Waals surface area (Å²) in [5, 5.41) is 3.29. The van der Waals surface area contributed by atoms with Gasteiger partial charge in [-0.2, -0.15) is 4.98 Å². The van der Waals surface area contributed by atoms with Gasteiger partial charge in [0.15, 0.2) is 0 Å². The molecule has 1 rings (SSSR count). The SMILES string of the molecule is CCCCCCCCCCCCCNc1ccnc(N)n1. The Labute approximate surface area is 130 Å². The minimum absolute atomic E-state index is 0.332. The minimum atomic E-state index is 0.332. The van der Waals surface area contributed by atoms with Gasteiger partial charge in [0.05, 0.1) is 0 Å². The molecule has 21 heavy (non-hydrogen) atoms. The average molecular weight is 292 g/mol. The van der Waals surface area contributed by atoms with Crippen molar-refractivity contribution in [1.82, 2.24) is 9.97 Å². The van der Waals surface area contributed by atoms with E-state index in [-0.39, 0.29) is 0 Å². The predicted octanol–water partition coefficient (Wildman–Crippen LogP) is 4.78. The third kappa shape index (κ3) is 10.1. The molecule has 120 valence electrons. The van der Waals surface area contributed by atoms with Crippen LogP contribution in [0, 0.1) is 0 Å². The first-order chi connectivity index (χ1) is 10.3. The third-order valence-electron chi connectivity index (χ3n) is 3.76. The maximum atomic E-state index is 5.53. The number of aromatic nitrogens is 2. The van der Waals surface area contributed by atoms with Gasteiger partial charge in [0.2, 0.25) is 5.95 Å². The van der Waals surface area contributed by atoms with Crippen LogP contribution in [0.2, 0.25) is 0 Å². The summed E-state index contributed by atoms with van der Waals surface area (Å²) in [6.45, 7) is 3.24. The van der Waals surface area contributed by atoms with E-state index in [0.717, 1.165) is 12.4 Å². The van der Waals surface area contributed by atoms with E-state index in [9.17, 15) is 0 Å². The standard InChI is InChI=1S/C17H32N4/c1-2-3-4-5-6-7-8-9-10-11-12-14-19-16-13-15-20-17(18)21-16/h13,15H,2-12,14H2,1H3,(H3,18,19,20,21). The zero-order valence-corrected chi connectivity index (χ0v) is 13.6. The van der Waals surface area contributed by atoms with Crippen molar-refractivity contribution in [2.45, 2.75) is 77.6 Å². The lowest BCUT2D eigenvalue weighted by Gasteiger charge is -2.05. The highest BCUT2D eigenvalue weighted by molar-refractivity contribution is 5.36. The van der Waals surface area contributed by atoms with Gasteiger partial charge in [-0.3, -0.25) is 0 Å². The number of rotatable bonds is 13. The Hall–Kier alpha value is -1.32. The molecule has 0 aliphatic heterocycles. The van der Waals surface area contributed by atoms with Crippen molar-refractivity contribution in [1.29, 1.82) is 0 Å². The van der Waals surface area contributed by atoms with Crippen molar-refractivity contribution in [2.24, 2.45) is 0 Å². The fourth-order valence-corrected chi connectivity index (χ4v) is 2.48. The highest BCUT2D eigenvalue weighted by Gasteiger charge is 1.95. The van der Waals surface area contributed by atoms with Gasteiger partial charge in [-0.05, 0) is 12.5 Å². The highest BCUT2D eigenvalue weighted by atomic mass is 15.1. The van der Waals surface area contributed by atoms with E-state index in [0.29, 0.717) is 5.95 Å². The molecule has 4 heteroatoms. The molecule has 0 saturated carbocycles. The molecule has 0 fully saturated rings. The van der Waals surface area contributed by atoms with Gasteiger partial charge >= 0.3 is 0 Å². The number of nitrogens with zero attached hydrogens (tertiary/aromatic N) is 2. The van der Waals surface area contributed by atoms with Crippen LogP contribution in [0.5, 0.6) is 0 Å². The van der Waals surface area contributed by atoms with Gasteiger partial charge in [0.1, 0.15) is 5.82 Å². The Morgan fingerprint density at radius 3 is 2.05 bits per heavy atom. The molecule has 0 aliphatic rings. The van der Waals surface area contributed by atoms with Crippen molar-refractivity contribution < 1.29 is 0 Å². The number of unbranched alkanes of at least 4 members (excludes halogenated alkanes) is 10. The van der Waals surface area contributed by atoms with Gasteiger partial charge in [-0.25, -0.2) is 4.98 Å². The molecule has 0 aliphatic carbocycles. The van der Waals surface area contributed by atoms with Gasteiger partial charge in [-0.15, -0.1) is 0 Å². The van der Waals surface area contributed by atoms with E-state index in [1.54, 1.807) is 6.20 Å². The van der Waals surface area contributed by atoms with Gasteiger partial charge in [-0.1, -0.05) is 71.1 Å². The molecule has 1 heterocycles. The Bertz CT molecular complexity index is 354. The molecule has 0 atom stereocenters. The van der Waals surface area contributed by atoms with Crippen LogP contribution < -0.4 is 11.1 Å². The number of nitrogen functional groups attached to an aromatic ring is 1. The second-order valence-electron chi connectivity index (χ2n) is 5.76. The molecule has 0 aromatic carbocycles. The van der Waals surface area contributed by atoms with Crippen LogP contribution in [0.1, 0.15) is 77.6 Å². The van der Waals surface area contributed by atoms with Crippen molar-refractivity contribution in [3.05, 3.63) is 12.3 Å². The van der Waals surface area contributed by atoms with Crippen LogP contribution in [-0.4, -0.2) is 16.5 Å². The van der Waals surface area contributed by atoms with Crippen LogP contribution in [0.4, 0.5) is 11.8 Å². The van der Waals surface area contributed by atoms with Crippen LogP contribution in [0.15, 0.2) is 12.3 Å². The number of hydrogen-bond donors (Lipinski definition) is 2. The van der Waals surface area contributed by atoms with Crippen LogP contribution in [-0.2, 0) is 0 Å². The fraction of sp³-hybridized carbons (Fsp3) is 0.765. The summed E-state index contributed by atoms with van der Waals surface area (Å²) in [7, 11) is 0. The average Bonchev–Trinajstić information content (AvgIpc) is 2.48. The quantitative estimate of drug-likeness (QED) is 0.513. The Kier molecular flexibility index (Phi) is 10.5. The summed E-state index contributed by atoms with van der Waals surface area (Å²) in [6, 6.07) is 1.86. The molecule has 0 saturated heterocycles. The lowest BCUT2D eigenvalue weighted by Crippen LogP contribution is -2.05. The molecule has 0 amide bonds. The maximum absolute atomic E-state index is 5.53. The first kappa shape index (κ1) is 17.7. The Morgan fingerprint density at radius 2 is 1.48 bits per heavy atom. The molecule has 0 bridgehead atoms. The topological polar surface area (TPSA) is 63.8 Å². The van der Waals surface area contributed by atoms with Gasteiger partial charge in [0, 0.05) is 12.7 Å². The zero-order valence-electron chi connectivity index (χ0n) is 13.6. The monoisotopic (exact) mass is 292 g/mol.